The summed E-state index contributed by atoms with van der Waals surface area (Å²) in [4.78, 5) is 10.9. The van der Waals surface area contributed by atoms with Crippen molar-refractivity contribution in [2.75, 3.05) is 7.11 Å². The number of aliphatic hydroxyl groups excluding tert-OH is 1. The maximum Gasteiger partial charge on any atom is 0.341 e. The molecule has 2 N–H and O–H groups in total. The summed E-state index contributed by atoms with van der Waals surface area (Å²) in [6, 6.07) is 6.24. The molecule has 22 heavy (non-hydrogen) atoms. The zero-order valence-electron chi connectivity index (χ0n) is 14.0. The average molecular weight is 308 g/mol. The van der Waals surface area contributed by atoms with E-state index in [1.165, 1.54) is 32.1 Å². The Morgan fingerprint density at radius 1 is 1.27 bits per heavy atom. The van der Waals surface area contributed by atoms with Gasteiger partial charge in [-0.25, -0.2) is 4.79 Å². The number of ether oxygens (including phenoxy) is 1. The molecule has 1 aromatic carbocycles. The Morgan fingerprint density at radius 3 is 2.41 bits per heavy atom. The second-order valence-electron chi connectivity index (χ2n) is 6.40. The van der Waals surface area contributed by atoms with Crippen LogP contribution in [-0.2, 0) is 4.74 Å². The average Bonchev–Trinajstić information content (AvgIpc) is 2.47. The summed E-state index contributed by atoms with van der Waals surface area (Å²) in [6.07, 6.45) is 3.52. The number of carbonyl (C=O) groups excluding carboxylic acids is 1. The van der Waals surface area contributed by atoms with Gasteiger partial charge < -0.3 is 14.9 Å². The largest absolute Gasteiger partial charge is 0.507 e. The van der Waals surface area contributed by atoms with Crippen LogP contribution >= 0.6 is 0 Å². The predicted molar refractivity (Wildman–Crippen MR) is 86.8 cm³/mol. The molecule has 0 bridgehead atoms. The quantitative estimate of drug-likeness (QED) is 0.819. The van der Waals surface area contributed by atoms with Crippen molar-refractivity contribution in [3.05, 3.63) is 29.8 Å². The van der Waals surface area contributed by atoms with Crippen molar-refractivity contribution in [2.45, 2.75) is 46.1 Å². The monoisotopic (exact) mass is 308 g/mol. The maximum absolute atomic E-state index is 10.9. The highest BCUT2D eigenvalue weighted by molar-refractivity contribution is 5.92. The number of hydrogen-bond acceptors (Lipinski definition) is 4. The number of hydrogen-bond donors (Lipinski definition) is 2. The molecule has 1 aromatic rings. The second-order valence-corrected chi connectivity index (χ2v) is 6.40. The molecule has 0 unspecified atom stereocenters. The third-order valence-corrected chi connectivity index (χ3v) is 4.30. The molecule has 0 aliphatic heterocycles. The van der Waals surface area contributed by atoms with Crippen LogP contribution in [0.3, 0.4) is 0 Å². The van der Waals surface area contributed by atoms with Gasteiger partial charge in [0.05, 0.1) is 13.2 Å². The Balaban J connectivity index is 0.000000220. The Morgan fingerprint density at radius 2 is 1.91 bits per heavy atom. The van der Waals surface area contributed by atoms with Crippen molar-refractivity contribution in [1.82, 2.24) is 0 Å². The van der Waals surface area contributed by atoms with Crippen LogP contribution < -0.4 is 0 Å². The van der Waals surface area contributed by atoms with Gasteiger partial charge in [0.25, 0.3) is 0 Å². The first-order valence-corrected chi connectivity index (χ1v) is 7.91. The van der Waals surface area contributed by atoms with Gasteiger partial charge in [0.15, 0.2) is 0 Å². The van der Waals surface area contributed by atoms with Crippen LogP contribution in [0.5, 0.6) is 5.75 Å². The summed E-state index contributed by atoms with van der Waals surface area (Å²) in [7, 11) is 1.27. The summed E-state index contributed by atoms with van der Waals surface area (Å²) in [5.41, 5.74) is 0.190. The lowest BCUT2D eigenvalue weighted by atomic mass is 9.75. The van der Waals surface area contributed by atoms with Crippen LogP contribution in [-0.4, -0.2) is 29.4 Å². The molecule has 0 amide bonds. The number of carbonyl (C=O) groups is 1. The van der Waals surface area contributed by atoms with Gasteiger partial charge >= 0.3 is 5.97 Å². The van der Waals surface area contributed by atoms with Crippen LogP contribution in [0.25, 0.3) is 0 Å². The Hall–Kier alpha value is -1.55. The van der Waals surface area contributed by atoms with Gasteiger partial charge in [0.1, 0.15) is 11.3 Å². The van der Waals surface area contributed by atoms with E-state index in [-0.39, 0.29) is 17.4 Å². The molecule has 0 aromatic heterocycles. The molecule has 3 atom stereocenters. The van der Waals surface area contributed by atoms with Crippen molar-refractivity contribution in [3.63, 3.8) is 0 Å². The van der Waals surface area contributed by atoms with Crippen LogP contribution in [0.2, 0.25) is 0 Å². The third-order valence-electron chi connectivity index (χ3n) is 4.30. The second kappa shape index (κ2) is 8.79. The first kappa shape index (κ1) is 18.5. The van der Waals surface area contributed by atoms with E-state index in [0.29, 0.717) is 11.8 Å². The molecule has 1 fully saturated rings. The fourth-order valence-corrected chi connectivity index (χ4v) is 2.91. The number of para-hydroxylation sites is 1. The molecule has 0 heterocycles. The minimum absolute atomic E-state index is 0.0289. The normalized spacial score (nSPS) is 24.4. The lowest BCUT2D eigenvalue weighted by molar-refractivity contribution is 0.0266. The number of aromatic hydroxyl groups is 1. The van der Waals surface area contributed by atoms with Crippen LogP contribution in [0.1, 0.15) is 50.4 Å². The fourth-order valence-electron chi connectivity index (χ4n) is 2.91. The number of aliphatic hydroxyl groups is 1. The highest BCUT2D eigenvalue weighted by atomic mass is 16.5. The van der Waals surface area contributed by atoms with Gasteiger partial charge in [0, 0.05) is 0 Å². The lowest BCUT2D eigenvalue weighted by Crippen LogP contribution is -2.31. The van der Waals surface area contributed by atoms with Gasteiger partial charge in [-0.1, -0.05) is 39.3 Å². The van der Waals surface area contributed by atoms with Crippen molar-refractivity contribution in [3.8, 4) is 5.75 Å². The SMILES string of the molecule is CC(C)[C@@H]1CC[C@@H](C)C[C@H]1O.COC(=O)c1ccccc1O. The smallest absolute Gasteiger partial charge is 0.341 e. The Bertz CT molecular complexity index is 470. The van der Waals surface area contributed by atoms with E-state index in [4.69, 9.17) is 5.11 Å². The van der Waals surface area contributed by atoms with Crippen LogP contribution in [0.15, 0.2) is 24.3 Å². The lowest BCUT2D eigenvalue weighted by Gasteiger charge is -2.33. The van der Waals surface area contributed by atoms with Crippen LogP contribution in [0, 0.1) is 17.8 Å². The first-order valence-electron chi connectivity index (χ1n) is 7.91. The van der Waals surface area contributed by atoms with E-state index in [9.17, 15) is 9.90 Å². The minimum Gasteiger partial charge on any atom is -0.507 e. The molecule has 1 aliphatic carbocycles. The molecule has 0 radical (unpaired) electrons. The molecule has 124 valence electrons. The third kappa shape index (κ3) is 5.34. The van der Waals surface area contributed by atoms with Crippen LogP contribution in [0.4, 0.5) is 0 Å². The van der Waals surface area contributed by atoms with Crippen molar-refractivity contribution in [1.29, 1.82) is 0 Å². The number of methoxy groups -OCH3 is 1. The van der Waals surface area contributed by atoms with Crippen molar-refractivity contribution < 1.29 is 19.7 Å². The summed E-state index contributed by atoms with van der Waals surface area (Å²) < 4.78 is 4.42. The molecule has 1 aliphatic rings. The predicted octanol–water partition coefficient (Wildman–Crippen LogP) is 3.62. The zero-order valence-corrected chi connectivity index (χ0v) is 14.0. The highest BCUT2D eigenvalue weighted by Gasteiger charge is 2.28. The van der Waals surface area contributed by atoms with Crippen molar-refractivity contribution in [2.24, 2.45) is 17.8 Å². The number of rotatable bonds is 2. The number of benzene rings is 1. The zero-order chi connectivity index (χ0) is 16.7. The van der Waals surface area contributed by atoms with E-state index in [2.05, 4.69) is 25.5 Å². The first-order chi connectivity index (χ1) is 10.4. The number of phenols is 1. The Labute approximate surface area is 133 Å². The maximum atomic E-state index is 10.9. The molecule has 0 saturated heterocycles. The van der Waals surface area contributed by atoms with Gasteiger partial charge in [-0.05, 0) is 42.7 Å². The van der Waals surface area contributed by atoms with E-state index >= 15 is 0 Å². The van der Waals surface area contributed by atoms with E-state index < -0.39 is 5.97 Å². The number of phenolic OH excluding ortho intramolecular Hbond substituents is 1. The summed E-state index contributed by atoms with van der Waals surface area (Å²) >= 11 is 0. The van der Waals surface area contributed by atoms with Gasteiger partial charge in [-0.15, -0.1) is 0 Å². The summed E-state index contributed by atoms with van der Waals surface area (Å²) in [5.74, 6) is 1.37. The van der Waals surface area contributed by atoms with Gasteiger partial charge in [-0.2, -0.15) is 0 Å². The van der Waals surface area contributed by atoms with E-state index in [1.807, 2.05) is 0 Å². The van der Waals surface area contributed by atoms with Gasteiger partial charge in [0.2, 0.25) is 0 Å². The molecule has 4 nitrogen and oxygen atoms in total. The highest BCUT2D eigenvalue weighted by Crippen LogP contribution is 2.33. The molecule has 4 heteroatoms. The van der Waals surface area contributed by atoms with E-state index in [1.54, 1.807) is 12.1 Å². The minimum atomic E-state index is -0.525. The molecule has 2 rings (SSSR count). The molecule has 0 spiro atoms. The topological polar surface area (TPSA) is 66.8 Å². The van der Waals surface area contributed by atoms with Crippen molar-refractivity contribution >= 4 is 5.97 Å². The number of esters is 1. The van der Waals surface area contributed by atoms with Gasteiger partial charge in [-0.3, -0.25) is 0 Å². The molecular weight excluding hydrogens is 280 g/mol. The molecular formula is C18H28O4. The van der Waals surface area contributed by atoms with E-state index in [0.717, 1.165) is 12.3 Å². The molecule has 1 saturated carbocycles. The summed E-state index contributed by atoms with van der Waals surface area (Å²) in [5, 5.41) is 18.8. The summed E-state index contributed by atoms with van der Waals surface area (Å²) in [6.45, 7) is 6.66. The Kier molecular flexibility index (Phi) is 7.39. The standard InChI is InChI=1S/C10H20O.C8H8O3/c1-7(2)9-5-4-8(3)6-10(9)11;1-11-8(10)6-4-2-3-5-7(6)9/h7-11H,4-6H2,1-3H3;2-5,9H,1H3/t8-,9+,10-;/m1./s1. The fraction of sp³-hybridized carbons (Fsp3) is 0.611.